The van der Waals surface area contributed by atoms with Gasteiger partial charge >= 0.3 is 0 Å². The van der Waals surface area contributed by atoms with Crippen molar-refractivity contribution in [2.75, 3.05) is 25.4 Å². The zero-order valence-corrected chi connectivity index (χ0v) is 15.3. The first-order valence-corrected chi connectivity index (χ1v) is 9.35. The maximum absolute atomic E-state index is 12.4. The average molecular weight is 362 g/mol. The van der Waals surface area contributed by atoms with Crippen LogP contribution in [0.5, 0.6) is 5.75 Å². The summed E-state index contributed by atoms with van der Waals surface area (Å²) in [7, 11) is -0.283. The number of sulfonamides is 1. The molecular formula is C18H22N2O4S. The van der Waals surface area contributed by atoms with E-state index in [9.17, 15) is 13.2 Å². The number of hydrogen-bond donors (Lipinski definition) is 1. The summed E-state index contributed by atoms with van der Waals surface area (Å²) in [5.74, 6) is 0.610. The Morgan fingerprint density at radius 2 is 1.64 bits per heavy atom. The van der Waals surface area contributed by atoms with Crippen molar-refractivity contribution in [2.24, 2.45) is 0 Å². The van der Waals surface area contributed by atoms with Crippen LogP contribution in [0.15, 0.2) is 53.4 Å². The molecule has 0 bridgehead atoms. The smallest absolute Gasteiger partial charge is 0.261 e. The van der Waals surface area contributed by atoms with Gasteiger partial charge in [0.2, 0.25) is 5.91 Å². The van der Waals surface area contributed by atoms with Gasteiger partial charge in [-0.25, -0.2) is 8.42 Å². The summed E-state index contributed by atoms with van der Waals surface area (Å²) < 4.78 is 32.7. The van der Waals surface area contributed by atoms with E-state index in [1.807, 2.05) is 6.92 Å². The van der Waals surface area contributed by atoms with Gasteiger partial charge in [0, 0.05) is 19.8 Å². The van der Waals surface area contributed by atoms with E-state index in [2.05, 4.69) is 4.72 Å². The van der Waals surface area contributed by atoms with Gasteiger partial charge in [-0.2, -0.15) is 0 Å². The Hall–Kier alpha value is -2.54. The van der Waals surface area contributed by atoms with Crippen LogP contribution in [-0.4, -0.2) is 39.9 Å². The third kappa shape index (κ3) is 5.22. The van der Waals surface area contributed by atoms with E-state index >= 15 is 0 Å². The fourth-order valence-electron chi connectivity index (χ4n) is 2.12. The van der Waals surface area contributed by atoms with E-state index in [-0.39, 0.29) is 17.2 Å². The highest BCUT2D eigenvalue weighted by molar-refractivity contribution is 7.92. The van der Waals surface area contributed by atoms with E-state index in [1.54, 1.807) is 50.5 Å². The maximum Gasteiger partial charge on any atom is 0.261 e. The number of anilines is 1. The Morgan fingerprint density at radius 3 is 2.16 bits per heavy atom. The van der Waals surface area contributed by atoms with Crippen LogP contribution in [-0.2, 0) is 21.2 Å². The van der Waals surface area contributed by atoms with Crippen LogP contribution in [0, 0.1) is 0 Å². The molecule has 2 rings (SSSR count). The first-order valence-electron chi connectivity index (χ1n) is 7.86. The molecule has 2 aromatic carbocycles. The zero-order valence-electron chi connectivity index (χ0n) is 14.5. The van der Waals surface area contributed by atoms with Crippen LogP contribution in [0.4, 0.5) is 5.69 Å². The van der Waals surface area contributed by atoms with Crippen molar-refractivity contribution in [3.05, 3.63) is 54.1 Å². The molecule has 0 fully saturated rings. The highest BCUT2D eigenvalue weighted by Crippen LogP contribution is 2.20. The van der Waals surface area contributed by atoms with E-state index in [0.29, 0.717) is 18.0 Å². The molecule has 0 radical (unpaired) electrons. The highest BCUT2D eigenvalue weighted by atomic mass is 32.2. The quantitative estimate of drug-likeness (QED) is 0.821. The van der Waals surface area contributed by atoms with Gasteiger partial charge in [0.15, 0.2) is 0 Å². The van der Waals surface area contributed by atoms with Crippen molar-refractivity contribution < 1.29 is 17.9 Å². The van der Waals surface area contributed by atoms with Gasteiger partial charge in [-0.3, -0.25) is 9.52 Å². The summed E-state index contributed by atoms with van der Waals surface area (Å²) in [6, 6.07) is 13.0. The maximum atomic E-state index is 12.4. The third-order valence-corrected chi connectivity index (χ3v) is 4.90. The second-order valence-electron chi connectivity index (χ2n) is 5.67. The van der Waals surface area contributed by atoms with Crippen LogP contribution >= 0.6 is 0 Å². The normalized spacial score (nSPS) is 11.0. The monoisotopic (exact) mass is 362 g/mol. The lowest BCUT2D eigenvalue weighted by molar-refractivity contribution is -0.127. The molecule has 0 atom stereocenters. The fraction of sp³-hybridized carbons (Fsp3) is 0.278. The Morgan fingerprint density at radius 1 is 1.04 bits per heavy atom. The molecule has 0 heterocycles. The zero-order chi connectivity index (χ0) is 18.4. The van der Waals surface area contributed by atoms with Crippen LogP contribution < -0.4 is 9.46 Å². The van der Waals surface area contributed by atoms with Crippen LogP contribution in [0.2, 0.25) is 0 Å². The van der Waals surface area contributed by atoms with Crippen LogP contribution in [0.3, 0.4) is 0 Å². The van der Waals surface area contributed by atoms with Crippen molar-refractivity contribution in [3.8, 4) is 5.75 Å². The van der Waals surface area contributed by atoms with Gasteiger partial charge in [0.05, 0.1) is 17.9 Å². The molecule has 0 spiro atoms. The minimum atomic E-state index is -3.68. The minimum Gasteiger partial charge on any atom is -0.494 e. The predicted octanol–water partition coefficient (Wildman–Crippen LogP) is 2.52. The lowest BCUT2D eigenvalue weighted by atomic mass is 10.1. The molecule has 0 aliphatic carbocycles. The standard InChI is InChI=1S/C18H22N2O4S/c1-4-24-16-9-11-17(12-10-16)25(22,23)19-15-7-5-14(6-8-15)13-18(21)20(2)3/h5-12,19H,4,13H2,1-3H3. The topological polar surface area (TPSA) is 75.7 Å². The number of ether oxygens (including phenoxy) is 1. The van der Waals surface area contributed by atoms with Gasteiger partial charge < -0.3 is 9.64 Å². The highest BCUT2D eigenvalue weighted by Gasteiger charge is 2.14. The largest absolute Gasteiger partial charge is 0.494 e. The molecule has 1 amide bonds. The predicted molar refractivity (Wildman–Crippen MR) is 97.3 cm³/mol. The number of rotatable bonds is 7. The number of benzene rings is 2. The number of carbonyl (C=O) groups excluding carboxylic acids is 1. The summed E-state index contributed by atoms with van der Waals surface area (Å²) in [6.45, 7) is 2.38. The summed E-state index contributed by atoms with van der Waals surface area (Å²) in [4.78, 5) is 13.4. The van der Waals surface area contributed by atoms with E-state index in [4.69, 9.17) is 4.74 Å². The van der Waals surface area contributed by atoms with E-state index in [0.717, 1.165) is 5.56 Å². The van der Waals surface area contributed by atoms with E-state index in [1.165, 1.54) is 17.0 Å². The second-order valence-corrected chi connectivity index (χ2v) is 7.35. The Bertz CT molecular complexity index is 813. The van der Waals surface area contributed by atoms with Gasteiger partial charge in [0.25, 0.3) is 10.0 Å². The molecule has 0 unspecified atom stereocenters. The lowest BCUT2D eigenvalue weighted by Gasteiger charge is -2.11. The Labute approximate surface area is 148 Å². The van der Waals surface area contributed by atoms with Crippen LogP contribution in [0.25, 0.3) is 0 Å². The first kappa shape index (κ1) is 18.8. The van der Waals surface area contributed by atoms with Gasteiger partial charge in [-0.1, -0.05) is 12.1 Å². The summed E-state index contributed by atoms with van der Waals surface area (Å²) >= 11 is 0. The van der Waals surface area contributed by atoms with Crippen molar-refractivity contribution in [1.82, 2.24) is 4.90 Å². The molecule has 0 aromatic heterocycles. The molecule has 0 saturated carbocycles. The molecule has 7 heteroatoms. The van der Waals surface area contributed by atoms with Gasteiger partial charge in [-0.05, 0) is 48.9 Å². The van der Waals surface area contributed by atoms with Gasteiger partial charge in [-0.15, -0.1) is 0 Å². The molecular weight excluding hydrogens is 340 g/mol. The summed E-state index contributed by atoms with van der Waals surface area (Å²) in [6.07, 6.45) is 0.277. The Kier molecular flexibility index (Phi) is 6.03. The molecule has 6 nitrogen and oxygen atoms in total. The second kappa shape index (κ2) is 8.02. The molecule has 0 aliphatic heterocycles. The number of likely N-dealkylation sites (N-methyl/N-ethyl adjacent to an activating group) is 1. The fourth-order valence-corrected chi connectivity index (χ4v) is 3.18. The number of amides is 1. The molecule has 0 saturated heterocycles. The van der Waals surface area contributed by atoms with Crippen molar-refractivity contribution >= 4 is 21.6 Å². The first-order chi connectivity index (χ1) is 11.8. The molecule has 1 N–H and O–H groups in total. The molecule has 134 valence electrons. The third-order valence-electron chi connectivity index (χ3n) is 3.51. The van der Waals surface area contributed by atoms with Crippen molar-refractivity contribution in [1.29, 1.82) is 0 Å². The van der Waals surface area contributed by atoms with E-state index < -0.39 is 10.0 Å². The van der Waals surface area contributed by atoms with Crippen molar-refractivity contribution in [2.45, 2.75) is 18.2 Å². The van der Waals surface area contributed by atoms with Gasteiger partial charge in [0.1, 0.15) is 5.75 Å². The number of nitrogens with one attached hydrogen (secondary N) is 1. The lowest BCUT2D eigenvalue weighted by Crippen LogP contribution is -2.23. The number of carbonyl (C=O) groups is 1. The van der Waals surface area contributed by atoms with Crippen LogP contribution in [0.1, 0.15) is 12.5 Å². The molecule has 25 heavy (non-hydrogen) atoms. The minimum absolute atomic E-state index is 0.0114. The molecule has 0 aliphatic rings. The average Bonchev–Trinajstić information content (AvgIpc) is 2.57. The number of hydrogen-bond acceptors (Lipinski definition) is 4. The SMILES string of the molecule is CCOc1ccc(S(=O)(=O)Nc2ccc(CC(=O)N(C)C)cc2)cc1. The summed E-state index contributed by atoms with van der Waals surface area (Å²) in [5, 5.41) is 0. The molecule has 2 aromatic rings. The summed E-state index contributed by atoms with van der Waals surface area (Å²) in [5.41, 5.74) is 1.26. The number of nitrogens with zero attached hydrogens (tertiary/aromatic N) is 1. The van der Waals surface area contributed by atoms with Crippen molar-refractivity contribution in [3.63, 3.8) is 0 Å². The Balaban J connectivity index is 2.08.